The minimum Gasteiger partial charge on any atom is -0.317 e. The maximum absolute atomic E-state index is 12.2. The second-order valence-electron chi connectivity index (χ2n) is 4.17. The number of nitrogens with zero attached hydrogens (tertiary/aromatic N) is 1. The Balaban J connectivity index is 2.30. The summed E-state index contributed by atoms with van der Waals surface area (Å²) in [4.78, 5) is 3.98. The highest BCUT2D eigenvalue weighted by atomic mass is 32.2. The van der Waals surface area contributed by atoms with Crippen molar-refractivity contribution in [3.63, 3.8) is 0 Å². The third-order valence-corrected chi connectivity index (χ3v) is 5.06. The van der Waals surface area contributed by atoms with Crippen LogP contribution >= 0.6 is 0 Å². The summed E-state index contributed by atoms with van der Waals surface area (Å²) in [5.74, 6) is 0. The maximum atomic E-state index is 12.2. The Bertz CT molecular complexity index is 465. The quantitative estimate of drug-likeness (QED) is 0.835. The predicted molar refractivity (Wildman–Crippen MR) is 62.1 cm³/mol. The second kappa shape index (κ2) is 4.51. The molecule has 0 amide bonds. The van der Waals surface area contributed by atoms with Crippen molar-refractivity contribution >= 4 is 9.84 Å². The molecule has 0 aliphatic carbocycles. The summed E-state index contributed by atoms with van der Waals surface area (Å²) in [6, 6.07) is 3.46. The fourth-order valence-electron chi connectivity index (χ4n) is 1.94. The van der Waals surface area contributed by atoms with Crippen LogP contribution in [0.25, 0.3) is 0 Å². The molecule has 4 nitrogen and oxygen atoms in total. The molecule has 1 aliphatic heterocycles. The summed E-state index contributed by atoms with van der Waals surface area (Å²) < 4.78 is 24.5. The average molecular weight is 240 g/mol. The molecule has 1 N–H and O–H groups in total. The van der Waals surface area contributed by atoms with Gasteiger partial charge in [0, 0.05) is 6.20 Å². The van der Waals surface area contributed by atoms with Crippen molar-refractivity contribution in [3.8, 4) is 0 Å². The molecule has 1 saturated heterocycles. The average Bonchev–Trinajstić information content (AvgIpc) is 2.30. The first kappa shape index (κ1) is 11.5. The minimum atomic E-state index is -3.24. The molecule has 1 aromatic rings. The number of hydrogen-bond acceptors (Lipinski definition) is 4. The third-order valence-electron chi connectivity index (χ3n) is 2.91. The molecule has 1 aliphatic rings. The van der Waals surface area contributed by atoms with Crippen LogP contribution in [0.4, 0.5) is 0 Å². The monoisotopic (exact) mass is 240 g/mol. The van der Waals surface area contributed by atoms with Gasteiger partial charge in [0.1, 0.15) is 0 Å². The number of aryl methyl sites for hydroxylation is 1. The number of aromatic nitrogens is 1. The number of nitrogens with one attached hydrogen (secondary N) is 1. The van der Waals surface area contributed by atoms with Gasteiger partial charge in [-0.25, -0.2) is 13.4 Å². The molecule has 88 valence electrons. The Labute approximate surface area is 96.0 Å². The first-order valence-corrected chi connectivity index (χ1v) is 7.02. The summed E-state index contributed by atoms with van der Waals surface area (Å²) in [6.45, 7) is 3.43. The topological polar surface area (TPSA) is 59.1 Å². The lowest BCUT2D eigenvalue weighted by Gasteiger charge is -2.22. The van der Waals surface area contributed by atoms with Gasteiger partial charge in [-0.05, 0) is 50.6 Å². The Morgan fingerprint density at radius 1 is 1.38 bits per heavy atom. The molecule has 0 saturated carbocycles. The van der Waals surface area contributed by atoms with Crippen molar-refractivity contribution in [1.29, 1.82) is 0 Å². The van der Waals surface area contributed by atoms with E-state index in [4.69, 9.17) is 0 Å². The third kappa shape index (κ3) is 2.25. The Morgan fingerprint density at radius 3 is 2.69 bits per heavy atom. The van der Waals surface area contributed by atoms with E-state index >= 15 is 0 Å². The SMILES string of the molecule is Cc1ccnc(S(=O)(=O)C2CCNCC2)c1. The zero-order chi connectivity index (χ0) is 11.6. The molecule has 2 heterocycles. The van der Waals surface area contributed by atoms with Crippen molar-refractivity contribution in [1.82, 2.24) is 10.3 Å². The van der Waals surface area contributed by atoms with Crippen LogP contribution in [-0.2, 0) is 9.84 Å². The van der Waals surface area contributed by atoms with Crippen molar-refractivity contribution in [2.24, 2.45) is 0 Å². The van der Waals surface area contributed by atoms with E-state index in [-0.39, 0.29) is 10.3 Å². The molecule has 5 heteroatoms. The van der Waals surface area contributed by atoms with Crippen LogP contribution in [0, 0.1) is 6.92 Å². The van der Waals surface area contributed by atoms with E-state index in [1.54, 1.807) is 18.3 Å². The van der Waals surface area contributed by atoms with E-state index in [0.717, 1.165) is 18.7 Å². The lowest BCUT2D eigenvalue weighted by molar-refractivity contribution is 0.494. The number of piperidine rings is 1. The Morgan fingerprint density at radius 2 is 2.06 bits per heavy atom. The van der Waals surface area contributed by atoms with Crippen LogP contribution in [0.15, 0.2) is 23.4 Å². The lowest BCUT2D eigenvalue weighted by Crippen LogP contribution is -2.36. The summed E-state index contributed by atoms with van der Waals surface area (Å²) in [5.41, 5.74) is 0.933. The van der Waals surface area contributed by atoms with Gasteiger partial charge >= 0.3 is 0 Å². The highest BCUT2D eigenvalue weighted by Gasteiger charge is 2.29. The molecule has 0 bridgehead atoms. The van der Waals surface area contributed by atoms with Crippen LogP contribution in [0.5, 0.6) is 0 Å². The van der Waals surface area contributed by atoms with Crippen LogP contribution < -0.4 is 5.32 Å². The zero-order valence-electron chi connectivity index (χ0n) is 9.31. The van der Waals surface area contributed by atoms with Crippen molar-refractivity contribution in [2.45, 2.75) is 30.0 Å². The van der Waals surface area contributed by atoms with Crippen LogP contribution in [0.2, 0.25) is 0 Å². The lowest BCUT2D eigenvalue weighted by atomic mass is 10.2. The van der Waals surface area contributed by atoms with E-state index in [1.165, 1.54) is 0 Å². The number of hydrogen-bond donors (Lipinski definition) is 1. The fraction of sp³-hybridized carbons (Fsp3) is 0.545. The molecule has 0 unspecified atom stereocenters. The fourth-order valence-corrected chi connectivity index (χ4v) is 3.70. The molecular formula is C11H16N2O2S. The van der Waals surface area contributed by atoms with Gasteiger partial charge in [0.2, 0.25) is 0 Å². The summed E-state index contributed by atoms with van der Waals surface area (Å²) in [7, 11) is -3.24. The Kier molecular flexibility index (Phi) is 3.25. The van der Waals surface area contributed by atoms with Gasteiger partial charge in [-0.15, -0.1) is 0 Å². The zero-order valence-corrected chi connectivity index (χ0v) is 10.1. The second-order valence-corrected chi connectivity index (χ2v) is 6.34. The molecule has 1 aromatic heterocycles. The van der Waals surface area contributed by atoms with E-state index in [1.807, 2.05) is 6.92 Å². The van der Waals surface area contributed by atoms with Gasteiger partial charge in [-0.3, -0.25) is 0 Å². The van der Waals surface area contributed by atoms with Crippen LogP contribution in [0.1, 0.15) is 18.4 Å². The van der Waals surface area contributed by atoms with Gasteiger partial charge in [0.15, 0.2) is 14.9 Å². The van der Waals surface area contributed by atoms with Gasteiger partial charge in [-0.2, -0.15) is 0 Å². The van der Waals surface area contributed by atoms with Crippen LogP contribution in [0.3, 0.4) is 0 Å². The highest BCUT2D eigenvalue weighted by Crippen LogP contribution is 2.20. The van der Waals surface area contributed by atoms with Gasteiger partial charge in [0.25, 0.3) is 0 Å². The number of pyridine rings is 1. The maximum Gasteiger partial charge on any atom is 0.198 e. The molecule has 16 heavy (non-hydrogen) atoms. The molecule has 0 spiro atoms. The molecule has 0 radical (unpaired) electrons. The molecule has 0 atom stereocenters. The van der Waals surface area contributed by atoms with E-state index in [0.29, 0.717) is 12.8 Å². The van der Waals surface area contributed by atoms with Gasteiger partial charge in [-0.1, -0.05) is 0 Å². The first-order chi connectivity index (χ1) is 7.60. The van der Waals surface area contributed by atoms with Crippen molar-refractivity contribution in [3.05, 3.63) is 23.9 Å². The summed E-state index contributed by atoms with van der Waals surface area (Å²) >= 11 is 0. The largest absolute Gasteiger partial charge is 0.317 e. The van der Waals surface area contributed by atoms with E-state index < -0.39 is 9.84 Å². The summed E-state index contributed by atoms with van der Waals surface area (Å²) in [5, 5.41) is 3.11. The standard InChI is InChI=1S/C11H16N2O2S/c1-9-2-7-13-11(8-9)16(14,15)10-3-5-12-6-4-10/h2,7-8,10,12H,3-6H2,1H3. The predicted octanol–water partition coefficient (Wildman–Crippen LogP) is 0.916. The number of sulfone groups is 1. The minimum absolute atomic E-state index is 0.222. The number of rotatable bonds is 2. The molecule has 1 fully saturated rings. The van der Waals surface area contributed by atoms with Crippen LogP contribution in [-0.4, -0.2) is 31.7 Å². The van der Waals surface area contributed by atoms with Crippen molar-refractivity contribution in [2.75, 3.05) is 13.1 Å². The summed E-state index contributed by atoms with van der Waals surface area (Å²) in [6.07, 6.45) is 2.92. The first-order valence-electron chi connectivity index (χ1n) is 5.48. The molecular weight excluding hydrogens is 224 g/mol. The smallest absolute Gasteiger partial charge is 0.198 e. The Hall–Kier alpha value is -0.940. The van der Waals surface area contributed by atoms with E-state index in [2.05, 4.69) is 10.3 Å². The van der Waals surface area contributed by atoms with Gasteiger partial charge in [0.05, 0.1) is 5.25 Å². The van der Waals surface area contributed by atoms with E-state index in [9.17, 15) is 8.42 Å². The normalized spacial score (nSPS) is 18.6. The van der Waals surface area contributed by atoms with Crippen molar-refractivity contribution < 1.29 is 8.42 Å². The molecule has 0 aromatic carbocycles. The molecule has 2 rings (SSSR count). The van der Waals surface area contributed by atoms with Gasteiger partial charge < -0.3 is 5.32 Å². The highest BCUT2D eigenvalue weighted by molar-refractivity contribution is 7.92.